The lowest BCUT2D eigenvalue weighted by Crippen LogP contribution is -2.43. The smallest absolute Gasteiger partial charge is 0.208 e. The normalized spacial score (nSPS) is 16.0. The maximum atomic E-state index is 5.72. The summed E-state index contributed by atoms with van der Waals surface area (Å²) in [5.41, 5.74) is 0.992. The number of guanidine groups is 1. The highest BCUT2D eigenvalue weighted by atomic mass is 127. The first-order chi connectivity index (χ1) is 13.5. The van der Waals surface area contributed by atoms with E-state index in [-0.39, 0.29) is 24.0 Å². The number of aromatic nitrogens is 4. The van der Waals surface area contributed by atoms with Crippen molar-refractivity contribution in [2.45, 2.75) is 39.8 Å². The maximum absolute atomic E-state index is 5.72. The molecule has 1 saturated heterocycles. The summed E-state index contributed by atoms with van der Waals surface area (Å²) in [6.07, 6.45) is 3.90. The molecule has 29 heavy (non-hydrogen) atoms. The lowest BCUT2D eigenvalue weighted by Gasteiger charge is -2.32. The summed E-state index contributed by atoms with van der Waals surface area (Å²) in [4.78, 5) is 17.7. The molecule has 2 aromatic rings. The second-order valence-electron chi connectivity index (χ2n) is 7.55. The molecule has 3 rings (SSSR count). The number of halogens is 1. The average Bonchev–Trinajstić information content (AvgIpc) is 3.21. The van der Waals surface area contributed by atoms with E-state index in [0.29, 0.717) is 12.5 Å². The van der Waals surface area contributed by atoms with Gasteiger partial charge < -0.3 is 14.6 Å². The van der Waals surface area contributed by atoms with Crippen molar-refractivity contribution in [3.8, 4) is 0 Å². The fraction of sp³-hybridized carbons (Fsp3) is 0.684. The Morgan fingerprint density at radius 3 is 2.62 bits per heavy atom. The van der Waals surface area contributed by atoms with Crippen molar-refractivity contribution in [2.24, 2.45) is 18.0 Å². The van der Waals surface area contributed by atoms with Crippen LogP contribution >= 0.6 is 24.0 Å². The van der Waals surface area contributed by atoms with Crippen LogP contribution in [0.4, 0.5) is 0 Å². The molecule has 0 amide bonds. The minimum atomic E-state index is 0. The predicted octanol–water partition coefficient (Wildman–Crippen LogP) is 1.96. The summed E-state index contributed by atoms with van der Waals surface area (Å²) in [5, 5.41) is 7.64. The fourth-order valence-electron chi connectivity index (χ4n) is 3.52. The van der Waals surface area contributed by atoms with Crippen LogP contribution in [-0.4, -0.2) is 69.2 Å². The first kappa shape index (κ1) is 23.6. The number of likely N-dealkylation sites (tertiary alicyclic amines) is 1. The molecular formula is C19H33IN8O. The highest BCUT2D eigenvalue weighted by Crippen LogP contribution is 2.19. The number of nitrogens with zero attached hydrogens (tertiary/aromatic N) is 7. The van der Waals surface area contributed by atoms with Gasteiger partial charge in [-0.15, -0.1) is 24.0 Å². The third kappa shape index (κ3) is 6.39. The molecule has 1 aliphatic heterocycles. The van der Waals surface area contributed by atoms with E-state index in [1.54, 1.807) is 11.0 Å². The van der Waals surface area contributed by atoms with Crippen LogP contribution in [0.3, 0.4) is 0 Å². The van der Waals surface area contributed by atoms with Crippen molar-refractivity contribution in [1.82, 2.24) is 34.9 Å². The average molecular weight is 516 g/mol. The molecule has 0 unspecified atom stereocenters. The number of piperidine rings is 1. The summed E-state index contributed by atoms with van der Waals surface area (Å²) in [6.45, 7) is 8.51. The number of oxazole rings is 1. The second-order valence-corrected chi connectivity index (χ2v) is 7.55. The van der Waals surface area contributed by atoms with Crippen LogP contribution < -0.4 is 5.32 Å². The van der Waals surface area contributed by atoms with Crippen LogP contribution in [0.25, 0.3) is 0 Å². The van der Waals surface area contributed by atoms with E-state index in [0.717, 1.165) is 68.1 Å². The lowest BCUT2D eigenvalue weighted by atomic mass is 9.97. The zero-order valence-electron chi connectivity index (χ0n) is 18.1. The number of aryl methyl sites for hydroxylation is 3. The van der Waals surface area contributed by atoms with E-state index in [2.05, 4.69) is 35.2 Å². The third-order valence-electron chi connectivity index (χ3n) is 5.44. The summed E-state index contributed by atoms with van der Waals surface area (Å²) in [5.74, 6) is 4.19. The molecule has 2 aromatic heterocycles. The van der Waals surface area contributed by atoms with Crippen LogP contribution in [0.15, 0.2) is 15.7 Å². The van der Waals surface area contributed by atoms with E-state index < -0.39 is 0 Å². The molecule has 0 aliphatic carbocycles. The highest BCUT2D eigenvalue weighted by molar-refractivity contribution is 14.0. The first-order valence-corrected chi connectivity index (χ1v) is 9.86. The van der Waals surface area contributed by atoms with Crippen molar-refractivity contribution in [1.29, 1.82) is 0 Å². The fourth-order valence-corrected chi connectivity index (χ4v) is 3.52. The molecule has 1 aliphatic rings. The van der Waals surface area contributed by atoms with E-state index in [4.69, 9.17) is 4.42 Å². The van der Waals surface area contributed by atoms with Gasteiger partial charge in [-0.1, -0.05) is 0 Å². The molecule has 1 fully saturated rings. The molecule has 0 spiro atoms. The van der Waals surface area contributed by atoms with Crippen molar-refractivity contribution in [3.63, 3.8) is 0 Å². The Morgan fingerprint density at radius 1 is 1.34 bits per heavy atom. The van der Waals surface area contributed by atoms with Crippen LogP contribution in [0.5, 0.6) is 0 Å². The first-order valence-electron chi connectivity index (χ1n) is 9.86. The molecule has 10 heteroatoms. The van der Waals surface area contributed by atoms with Gasteiger partial charge in [-0.2, -0.15) is 5.10 Å². The number of hydrogen-bond acceptors (Lipinski definition) is 6. The largest absolute Gasteiger partial charge is 0.444 e. The topological polar surface area (TPSA) is 87.6 Å². The Kier molecular flexibility index (Phi) is 8.87. The number of hydrogen-bond donors (Lipinski definition) is 1. The van der Waals surface area contributed by atoms with Gasteiger partial charge in [0.15, 0.2) is 5.96 Å². The minimum Gasteiger partial charge on any atom is -0.444 e. The van der Waals surface area contributed by atoms with Gasteiger partial charge in [0, 0.05) is 27.7 Å². The summed E-state index contributed by atoms with van der Waals surface area (Å²) < 4.78 is 7.51. The standard InChI is InChI=1S/C19H32N8O.HI/c1-14-15(2)28-18(24-14)12-27-8-6-16(7-9-27)10-21-19(20-3)25(4)11-17-22-13-23-26(17)5;/h13,16H,6-12H2,1-5H3,(H,20,21);1H. The van der Waals surface area contributed by atoms with Crippen molar-refractivity contribution >= 4 is 29.9 Å². The lowest BCUT2D eigenvalue weighted by molar-refractivity contribution is 0.163. The number of nitrogens with one attached hydrogen (secondary N) is 1. The molecule has 0 aromatic carbocycles. The van der Waals surface area contributed by atoms with Gasteiger partial charge >= 0.3 is 0 Å². The molecule has 3 heterocycles. The minimum absolute atomic E-state index is 0. The Morgan fingerprint density at radius 2 is 2.07 bits per heavy atom. The van der Waals surface area contributed by atoms with Crippen molar-refractivity contribution < 1.29 is 4.42 Å². The van der Waals surface area contributed by atoms with Crippen molar-refractivity contribution in [2.75, 3.05) is 33.7 Å². The Bertz CT molecular complexity index is 774. The van der Waals surface area contributed by atoms with Gasteiger partial charge in [0.1, 0.15) is 17.9 Å². The zero-order chi connectivity index (χ0) is 20.1. The Hall–Kier alpha value is -1.69. The summed E-state index contributed by atoms with van der Waals surface area (Å²) >= 11 is 0. The monoisotopic (exact) mass is 516 g/mol. The molecule has 162 valence electrons. The van der Waals surface area contributed by atoms with Gasteiger partial charge in [-0.3, -0.25) is 14.6 Å². The molecule has 9 nitrogen and oxygen atoms in total. The van der Waals surface area contributed by atoms with E-state index in [1.165, 1.54) is 0 Å². The van der Waals surface area contributed by atoms with Gasteiger partial charge in [-0.25, -0.2) is 9.97 Å². The molecule has 0 atom stereocenters. The number of aliphatic imine (C=N–C) groups is 1. The van der Waals surface area contributed by atoms with Gasteiger partial charge in [-0.05, 0) is 45.7 Å². The van der Waals surface area contributed by atoms with Crippen LogP contribution in [0.1, 0.15) is 36.0 Å². The number of rotatable bonds is 6. The summed E-state index contributed by atoms with van der Waals surface area (Å²) in [7, 11) is 5.74. The van der Waals surface area contributed by atoms with E-state index in [9.17, 15) is 0 Å². The van der Waals surface area contributed by atoms with Crippen LogP contribution in [0, 0.1) is 19.8 Å². The van der Waals surface area contributed by atoms with E-state index >= 15 is 0 Å². The molecule has 0 radical (unpaired) electrons. The SMILES string of the molecule is CN=C(NCC1CCN(Cc2nc(C)c(C)o2)CC1)N(C)Cc1ncnn1C.I. The van der Waals surface area contributed by atoms with E-state index in [1.807, 2.05) is 35.0 Å². The zero-order valence-corrected chi connectivity index (χ0v) is 20.4. The van der Waals surface area contributed by atoms with Gasteiger partial charge in [0.25, 0.3) is 0 Å². The van der Waals surface area contributed by atoms with Gasteiger partial charge in [0.05, 0.1) is 18.8 Å². The quantitative estimate of drug-likeness (QED) is 0.357. The Labute approximate surface area is 190 Å². The molecule has 1 N–H and O–H groups in total. The van der Waals surface area contributed by atoms with Crippen LogP contribution in [-0.2, 0) is 20.1 Å². The molecular weight excluding hydrogens is 483 g/mol. The Balaban J connectivity index is 0.00000300. The maximum Gasteiger partial charge on any atom is 0.208 e. The van der Waals surface area contributed by atoms with Crippen LogP contribution in [0.2, 0.25) is 0 Å². The van der Waals surface area contributed by atoms with Crippen molar-refractivity contribution in [3.05, 3.63) is 29.5 Å². The molecule has 0 saturated carbocycles. The third-order valence-corrected chi connectivity index (χ3v) is 5.44. The second kappa shape index (κ2) is 10.9. The van der Waals surface area contributed by atoms with Gasteiger partial charge in [0.2, 0.25) is 5.89 Å². The molecule has 0 bridgehead atoms. The summed E-state index contributed by atoms with van der Waals surface area (Å²) in [6, 6.07) is 0. The highest BCUT2D eigenvalue weighted by Gasteiger charge is 2.21. The predicted molar refractivity (Wildman–Crippen MR) is 123 cm³/mol.